The third-order valence-electron chi connectivity index (χ3n) is 2.14. The van der Waals surface area contributed by atoms with Crippen LogP contribution in [0.5, 0.6) is 0 Å². The highest BCUT2D eigenvalue weighted by Gasteiger charge is 1.98. The van der Waals surface area contributed by atoms with Gasteiger partial charge in [-0.3, -0.25) is 5.43 Å². The van der Waals surface area contributed by atoms with Gasteiger partial charge in [0.05, 0.1) is 11.9 Å². The number of anilines is 1. The zero-order chi connectivity index (χ0) is 12.3. The van der Waals surface area contributed by atoms with Gasteiger partial charge in [0, 0.05) is 16.0 Å². The Balaban J connectivity index is 2.05. The summed E-state index contributed by atoms with van der Waals surface area (Å²) in [5.74, 6) is 0. The lowest BCUT2D eigenvalue weighted by Crippen LogP contribution is -1.91. The predicted octanol–water partition coefficient (Wildman–Crippen LogP) is 3.86. The Morgan fingerprint density at radius 3 is 2.88 bits per heavy atom. The predicted molar refractivity (Wildman–Crippen MR) is 74.3 cm³/mol. The van der Waals surface area contributed by atoms with Gasteiger partial charge in [-0.15, -0.1) is 11.3 Å². The Bertz CT molecular complexity index is 548. The molecule has 0 aliphatic rings. The molecule has 1 N–H and O–H groups in total. The van der Waals surface area contributed by atoms with Crippen molar-refractivity contribution in [3.05, 3.63) is 45.4 Å². The molecule has 0 unspecified atom stereocenters. The second-order valence-electron chi connectivity index (χ2n) is 3.69. The Labute approximate surface area is 109 Å². The molecule has 0 spiro atoms. The van der Waals surface area contributed by atoms with Gasteiger partial charge in [-0.25, -0.2) is 4.98 Å². The quantitative estimate of drug-likeness (QED) is 0.676. The summed E-state index contributed by atoms with van der Waals surface area (Å²) in [5, 5.41) is 7.55. The van der Waals surface area contributed by atoms with E-state index in [0.717, 1.165) is 22.0 Å². The summed E-state index contributed by atoms with van der Waals surface area (Å²) in [6.07, 6.45) is 1.69. The van der Waals surface area contributed by atoms with Crippen LogP contribution in [0.2, 0.25) is 5.02 Å². The van der Waals surface area contributed by atoms with E-state index in [1.54, 1.807) is 6.21 Å². The van der Waals surface area contributed by atoms with E-state index in [1.807, 2.05) is 37.4 Å². The minimum Gasteiger partial charge on any atom is -0.253 e. The largest absolute Gasteiger partial charge is 0.253 e. The summed E-state index contributed by atoms with van der Waals surface area (Å²) in [5.41, 5.74) is 5.88. The molecule has 0 bridgehead atoms. The van der Waals surface area contributed by atoms with E-state index < -0.39 is 0 Å². The molecule has 0 aliphatic heterocycles. The van der Waals surface area contributed by atoms with Gasteiger partial charge in [0.2, 0.25) is 5.13 Å². The Kier molecular flexibility index (Phi) is 3.76. The maximum atomic E-state index is 6.08. The van der Waals surface area contributed by atoms with Crippen LogP contribution >= 0.6 is 22.9 Å². The van der Waals surface area contributed by atoms with Gasteiger partial charge in [-0.2, -0.15) is 5.10 Å². The smallest absolute Gasteiger partial charge is 0.203 e. The second kappa shape index (κ2) is 5.29. The molecule has 2 aromatic rings. The van der Waals surface area contributed by atoms with Gasteiger partial charge in [0.1, 0.15) is 0 Å². The fourth-order valence-corrected chi connectivity index (χ4v) is 2.22. The van der Waals surface area contributed by atoms with Crippen molar-refractivity contribution in [2.75, 3.05) is 5.43 Å². The minimum atomic E-state index is 0.700. The van der Waals surface area contributed by atoms with Crippen molar-refractivity contribution in [3.8, 4) is 0 Å². The zero-order valence-corrected chi connectivity index (χ0v) is 11.1. The van der Waals surface area contributed by atoms with E-state index in [1.165, 1.54) is 11.3 Å². The van der Waals surface area contributed by atoms with Crippen LogP contribution < -0.4 is 5.43 Å². The number of hydrazone groups is 1. The molecule has 0 saturated carbocycles. The highest BCUT2D eigenvalue weighted by Crippen LogP contribution is 2.16. The number of nitrogens with zero attached hydrogens (tertiary/aromatic N) is 2. The SMILES string of the molecule is Cc1ccc(C=NNc2nc(C)cs2)c(Cl)c1. The number of hydrogen-bond donors (Lipinski definition) is 1. The van der Waals surface area contributed by atoms with Crippen LogP contribution in [-0.2, 0) is 0 Å². The molecule has 5 heteroatoms. The van der Waals surface area contributed by atoms with Gasteiger partial charge in [0.25, 0.3) is 0 Å². The molecule has 0 aliphatic carbocycles. The van der Waals surface area contributed by atoms with Crippen LogP contribution in [0.1, 0.15) is 16.8 Å². The Hall–Kier alpha value is -1.39. The van der Waals surface area contributed by atoms with Crippen molar-refractivity contribution in [3.63, 3.8) is 0 Å². The number of nitrogens with one attached hydrogen (secondary N) is 1. The van der Waals surface area contributed by atoms with Crippen molar-refractivity contribution in [1.29, 1.82) is 0 Å². The first-order valence-corrected chi connectivity index (χ1v) is 6.38. The van der Waals surface area contributed by atoms with Gasteiger partial charge in [-0.05, 0) is 25.5 Å². The van der Waals surface area contributed by atoms with Gasteiger partial charge < -0.3 is 0 Å². The molecule has 17 heavy (non-hydrogen) atoms. The highest BCUT2D eigenvalue weighted by molar-refractivity contribution is 7.13. The van der Waals surface area contributed by atoms with Crippen molar-refractivity contribution < 1.29 is 0 Å². The molecule has 1 heterocycles. The number of aromatic nitrogens is 1. The first kappa shape index (κ1) is 12.1. The second-order valence-corrected chi connectivity index (χ2v) is 4.95. The van der Waals surface area contributed by atoms with Crippen molar-refractivity contribution in [2.45, 2.75) is 13.8 Å². The maximum absolute atomic E-state index is 6.08. The Morgan fingerprint density at radius 2 is 2.24 bits per heavy atom. The van der Waals surface area contributed by atoms with E-state index in [9.17, 15) is 0 Å². The average Bonchev–Trinajstić information content (AvgIpc) is 2.68. The molecular formula is C12H12ClN3S. The molecule has 0 fully saturated rings. The number of thiazole rings is 1. The summed E-state index contributed by atoms with van der Waals surface area (Å²) in [7, 11) is 0. The van der Waals surface area contributed by atoms with Gasteiger partial charge in [0.15, 0.2) is 0 Å². The third-order valence-corrected chi connectivity index (χ3v) is 3.33. The molecule has 0 atom stereocenters. The molecule has 2 rings (SSSR count). The molecular weight excluding hydrogens is 254 g/mol. The summed E-state index contributed by atoms with van der Waals surface area (Å²) in [4.78, 5) is 4.24. The number of benzene rings is 1. The van der Waals surface area contributed by atoms with Crippen LogP contribution in [0, 0.1) is 13.8 Å². The van der Waals surface area contributed by atoms with E-state index in [-0.39, 0.29) is 0 Å². The molecule has 3 nitrogen and oxygen atoms in total. The van der Waals surface area contributed by atoms with Crippen LogP contribution in [0.4, 0.5) is 5.13 Å². The first-order chi connectivity index (χ1) is 8.15. The maximum Gasteiger partial charge on any atom is 0.203 e. The van der Waals surface area contributed by atoms with E-state index in [4.69, 9.17) is 11.6 Å². The summed E-state index contributed by atoms with van der Waals surface area (Å²) >= 11 is 7.61. The Morgan fingerprint density at radius 1 is 1.41 bits per heavy atom. The number of aryl methyl sites for hydroxylation is 2. The minimum absolute atomic E-state index is 0.700. The van der Waals surface area contributed by atoms with Crippen molar-refractivity contribution >= 4 is 34.3 Å². The summed E-state index contributed by atoms with van der Waals surface area (Å²) in [6.45, 7) is 3.95. The van der Waals surface area contributed by atoms with E-state index in [2.05, 4.69) is 15.5 Å². The molecule has 0 amide bonds. The lowest BCUT2D eigenvalue weighted by molar-refractivity contribution is 1.22. The summed E-state index contributed by atoms with van der Waals surface area (Å²) in [6, 6.07) is 5.85. The van der Waals surface area contributed by atoms with E-state index >= 15 is 0 Å². The number of rotatable bonds is 3. The van der Waals surface area contributed by atoms with Crippen LogP contribution in [0.25, 0.3) is 0 Å². The van der Waals surface area contributed by atoms with Crippen LogP contribution in [0.15, 0.2) is 28.7 Å². The normalized spacial score (nSPS) is 11.0. The van der Waals surface area contributed by atoms with Crippen LogP contribution in [0.3, 0.4) is 0 Å². The average molecular weight is 266 g/mol. The number of hydrogen-bond acceptors (Lipinski definition) is 4. The monoisotopic (exact) mass is 265 g/mol. The molecule has 0 saturated heterocycles. The fourth-order valence-electron chi connectivity index (χ4n) is 1.30. The molecule has 1 aromatic heterocycles. The molecule has 1 aromatic carbocycles. The van der Waals surface area contributed by atoms with Gasteiger partial charge >= 0.3 is 0 Å². The topological polar surface area (TPSA) is 37.3 Å². The summed E-state index contributed by atoms with van der Waals surface area (Å²) < 4.78 is 0. The van der Waals surface area contributed by atoms with Gasteiger partial charge in [-0.1, -0.05) is 23.7 Å². The lowest BCUT2D eigenvalue weighted by atomic mass is 10.2. The zero-order valence-electron chi connectivity index (χ0n) is 9.57. The van der Waals surface area contributed by atoms with E-state index in [0.29, 0.717) is 5.02 Å². The molecule has 88 valence electrons. The number of halogens is 1. The fraction of sp³-hybridized carbons (Fsp3) is 0.167. The third kappa shape index (κ3) is 3.28. The van der Waals surface area contributed by atoms with Crippen molar-refractivity contribution in [1.82, 2.24) is 4.98 Å². The lowest BCUT2D eigenvalue weighted by Gasteiger charge is -1.99. The highest BCUT2D eigenvalue weighted by atomic mass is 35.5. The standard InChI is InChI=1S/C12H12ClN3S/c1-8-3-4-10(11(13)5-8)6-14-16-12-15-9(2)7-17-12/h3-7H,1-2H3,(H,15,16). The van der Waals surface area contributed by atoms with Crippen molar-refractivity contribution in [2.24, 2.45) is 5.10 Å². The molecule has 0 radical (unpaired) electrons. The van der Waals surface area contributed by atoms with Crippen LogP contribution in [-0.4, -0.2) is 11.2 Å². The first-order valence-electron chi connectivity index (χ1n) is 5.12.